The van der Waals surface area contributed by atoms with Gasteiger partial charge in [0.15, 0.2) is 0 Å². The maximum Gasteiger partial charge on any atom is 0.411 e. The van der Waals surface area contributed by atoms with Crippen molar-refractivity contribution in [3.05, 3.63) is 51.8 Å². The summed E-state index contributed by atoms with van der Waals surface area (Å²) in [6, 6.07) is 7.56. The van der Waals surface area contributed by atoms with E-state index in [1.807, 2.05) is 43.0 Å². The van der Waals surface area contributed by atoms with Gasteiger partial charge in [-0.15, -0.1) is 0 Å². The topological polar surface area (TPSA) is 50.6 Å². The lowest BCUT2D eigenvalue weighted by atomic mass is 10.1. The largest absolute Gasteiger partial charge is 0.411 e. The van der Waals surface area contributed by atoms with Crippen molar-refractivity contribution in [1.29, 1.82) is 0 Å². The number of benzene rings is 1. The molecule has 1 aliphatic heterocycles. The Morgan fingerprint density at radius 1 is 1.16 bits per heavy atom. The number of halogens is 4. The van der Waals surface area contributed by atoms with Crippen LogP contribution in [-0.4, -0.2) is 77.6 Å². The lowest BCUT2D eigenvalue weighted by Gasteiger charge is -2.34. The predicted molar refractivity (Wildman–Crippen MR) is 116 cm³/mol. The molecular weight excluding hydrogens is 445 g/mol. The summed E-state index contributed by atoms with van der Waals surface area (Å²) in [7, 11) is 0. The Morgan fingerprint density at radius 3 is 2.50 bits per heavy atom. The predicted octanol–water partition coefficient (Wildman–Crippen LogP) is 3.93. The number of carbonyl (C=O) groups is 1. The molecule has 176 valence electrons. The summed E-state index contributed by atoms with van der Waals surface area (Å²) < 4.78 is 42.7. The number of alkyl halides is 3. The third kappa shape index (κ3) is 6.46. The summed E-state index contributed by atoms with van der Waals surface area (Å²) in [4.78, 5) is 17.1. The summed E-state index contributed by atoms with van der Waals surface area (Å²) in [5.41, 5.74) is 3.04. The molecule has 1 amide bonds. The molecule has 0 spiro atoms. The zero-order valence-electron chi connectivity index (χ0n) is 18.3. The SMILES string of the molecule is Cc1nn(Cc2ccccc2Cl)c(C)c1C(=O)N1CCN(CCCOCC(F)(F)F)CC1. The van der Waals surface area contributed by atoms with E-state index >= 15 is 0 Å². The van der Waals surface area contributed by atoms with Crippen LogP contribution in [0, 0.1) is 13.8 Å². The molecule has 0 unspecified atom stereocenters. The first-order valence-corrected chi connectivity index (χ1v) is 11.0. The molecule has 1 saturated heterocycles. The van der Waals surface area contributed by atoms with Crippen LogP contribution in [0.25, 0.3) is 0 Å². The second kappa shape index (κ2) is 10.7. The van der Waals surface area contributed by atoms with Gasteiger partial charge < -0.3 is 9.64 Å². The third-order valence-electron chi connectivity index (χ3n) is 5.56. The number of hydrogen-bond acceptors (Lipinski definition) is 4. The van der Waals surface area contributed by atoms with Crippen molar-refractivity contribution in [2.24, 2.45) is 0 Å². The van der Waals surface area contributed by atoms with Gasteiger partial charge in [-0.25, -0.2) is 0 Å². The van der Waals surface area contributed by atoms with Crippen LogP contribution < -0.4 is 0 Å². The summed E-state index contributed by atoms with van der Waals surface area (Å²) >= 11 is 6.27. The number of aryl methyl sites for hydroxylation is 1. The van der Waals surface area contributed by atoms with Crippen LogP contribution in [0.3, 0.4) is 0 Å². The minimum absolute atomic E-state index is 0.0430. The Hall–Kier alpha value is -2.10. The van der Waals surface area contributed by atoms with Crippen molar-refractivity contribution >= 4 is 17.5 Å². The number of amides is 1. The molecule has 2 heterocycles. The van der Waals surface area contributed by atoms with Gasteiger partial charge in [-0.1, -0.05) is 29.8 Å². The van der Waals surface area contributed by atoms with Crippen LogP contribution in [0.4, 0.5) is 13.2 Å². The van der Waals surface area contributed by atoms with E-state index in [-0.39, 0.29) is 12.5 Å². The molecule has 0 atom stereocenters. The quantitative estimate of drug-likeness (QED) is 0.546. The van der Waals surface area contributed by atoms with E-state index in [0.29, 0.717) is 62.0 Å². The number of rotatable bonds is 8. The van der Waals surface area contributed by atoms with Gasteiger partial charge in [0.2, 0.25) is 0 Å². The van der Waals surface area contributed by atoms with Crippen LogP contribution in [0.5, 0.6) is 0 Å². The molecule has 1 aromatic heterocycles. The number of ether oxygens (including phenoxy) is 1. The van der Waals surface area contributed by atoms with Gasteiger partial charge in [0, 0.05) is 50.0 Å². The summed E-state index contributed by atoms with van der Waals surface area (Å²) in [6.45, 7) is 6.21. The van der Waals surface area contributed by atoms with Crippen molar-refractivity contribution in [2.75, 3.05) is 45.9 Å². The Bertz CT molecular complexity index is 924. The van der Waals surface area contributed by atoms with Crippen LogP contribution in [-0.2, 0) is 11.3 Å². The van der Waals surface area contributed by atoms with Gasteiger partial charge in [0.25, 0.3) is 5.91 Å². The third-order valence-corrected chi connectivity index (χ3v) is 5.93. The van der Waals surface area contributed by atoms with E-state index in [2.05, 4.69) is 14.7 Å². The van der Waals surface area contributed by atoms with Crippen LogP contribution in [0.2, 0.25) is 5.02 Å². The fourth-order valence-electron chi connectivity index (χ4n) is 3.86. The molecule has 6 nitrogen and oxygen atoms in total. The molecule has 0 saturated carbocycles. The number of nitrogens with zero attached hydrogens (tertiary/aromatic N) is 4. The van der Waals surface area contributed by atoms with Crippen molar-refractivity contribution in [3.63, 3.8) is 0 Å². The van der Waals surface area contributed by atoms with Gasteiger partial charge in [-0.05, 0) is 31.9 Å². The van der Waals surface area contributed by atoms with E-state index in [1.165, 1.54) is 0 Å². The van der Waals surface area contributed by atoms with Crippen LogP contribution in [0.1, 0.15) is 33.7 Å². The maximum atomic E-state index is 13.2. The zero-order chi connectivity index (χ0) is 23.3. The van der Waals surface area contributed by atoms with Gasteiger partial charge in [-0.2, -0.15) is 18.3 Å². The smallest absolute Gasteiger partial charge is 0.372 e. The summed E-state index contributed by atoms with van der Waals surface area (Å²) in [6.07, 6.45) is -3.76. The minimum atomic E-state index is -4.29. The van der Waals surface area contributed by atoms with E-state index in [1.54, 1.807) is 4.68 Å². The van der Waals surface area contributed by atoms with E-state index < -0.39 is 12.8 Å². The van der Waals surface area contributed by atoms with E-state index in [9.17, 15) is 18.0 Å². The second-order valence-electron chi connectivity index (χ2n) is 7.95. The first-order valence-electron chi connectivity index (χ1n) is 10.6. The van der Waals surface area contributed by atoms with E-state index in [4.69, 9.17) is 11.6 Å². The molecule has 10 heteroatoms. The highest BCUT2D eigenvalue weighted by Gasteiger charge is 2.28. The Balaban J connectivity index is 1.52. The van der Waals surface area contributed by atoms with E-state index in [0.717, 1.165) is 11.3 Å². The lowest BCUT2D eigenvalue weighted by Crippen LogP contribution is -2.49. The van der Waals surface area contributed by atoms with Crippen molar-refractivity contribution in [3.8, 4) is 0 Å². The summed E-state index contributed by atoms with van der Waals surface area (Å²) in [5, 5.41) is 5.22. The van der Waals surface area contributed by atoms with Crippen molar-refractivity contribution < 1.29 is 22.7 Å². The Morgan fingerprint density at radius 2 is 1.84 bits per heavy atom. The summed E-state index contributed by atoms with van der Waals surface area (Å²) in [5.74, 6) is -0.0430. The molecule has 32 heavy (non-hydrogen) atoms. The Kier molecular flexibility index (Phi) is 8.19. The molecule has 1 aromatic carbocycles. The highest BCUT2D eigenvalue weighted by molar-refractivity contribution is 6.31. The van der Waals surface area contributed by atoms with Gasteiger partial charge in [-0.3, -0.25) is 14.4 Å². The molecule has 0 bridgehead atoms. The monoisotopic (exact) mass is 472 g/mol. The van der Waals surface area contributed by atoms with Crippen LogP contribution >= 0.6 is 11.6 Å². The average Bonchev–Trinajstić information content (AvgIpc) is 3.01. The second-order valence-corrected chi connectivity index (χ2v) is 8.36. The Labute approximate surface area is 190 Å². The standard InChI is InChI=1S/C22H28ClF3N4O2/c1-16-20(17(2)30(27-16)14-18-6-3-4-7-19(18)23)21(31)29-11-9-28(10-12-29)8-5-13-32-15-22(24,25)26/h3-4,6-7H,5,8-15H2,1-2H3. The highest BCUT2D eigenvalue weighted by atomic mass is 35.5. The molecule has 0 radical (unpaired) electrons. The number of aromatic nitrogens is 2. The zero-order valence-corrected chi connectivity index (χ0v) is 19.0. The minimum Gasteiger partial charge on any atom is -0.372 e. The highest BCUT2D eigenvalue weighted by Crippen LogP contribution is 2.21. The molecule has 2 aromatic rings. The fourth-order valence-corrected chi connectivity index (χ4v) is 4.05. The average molecular weight is 473 g/mol. The fraction of sp³-hybridized carbons (Fsp3) is 0.545. The molecule has 3 rings (SSSR count). The molecule has 1 aliphatic rings. The van der Waals surface area contributed by atoms with Gasteiger partial charge in [0.05, 0.1) is 17.8 Å². The number of carbonyl (C=O) groups excluding carboxylic acids is 1. The molecule has 0 aliphatic carbocycles. The molecular formula is C22H28ClF3N4O2. The van der Waals surface area contributed by atoms with Crippen molar-refractivity contribution in [2.45, 2.75) is 33.0 Å². The van der Waals surface area contributed by atoms with Gasteiger partial charge in [0.1, 0.15) is 6.61 Å². The lowest BCUT2D eigenvalue weighted by molar-refractivity contribution is -0.174. The van der Waals surface area contributed by atoms with Crippen LogP contribution in [0.15, 0.2) is 24.3 Å². The maximum absolute atomic E-state index is 13.2. The first-order chi connectivity index (χ1) is 15.2. The van der Waals surface area contributed by atoms with Crippen molar-refractivity contribution in [1.82, 2.24) is 19.6 Å². The van der Waals surface area contributed by atoms with Gasteiger partial charge >= 0.3 is 6.18 Å². The first kappa shape index (κ1) is 24.5. The normalized spacial score (nSPS) is 15.4. The molecule has 1 fully saturated rings. The molecule has 0 N–H and O–H groups in total. The number of hydrogen-bond donors (Lipinski definition) is 0. The number of piperazine rings is 1.